The number of nitrogens with one attached hydrogen (secondary N) is 1. The van der Waals surface area contributed by atoms with Crippen LogP contribution in [0.25, 0.3) is 0 Å². The minimum atomic E-state index is 0.515. The fraction of sp³-hybridized carbons (Fsp3) is 0.714. The lowest BCUT2D eigenvalue weighted by Gasteiger charge is -2.44. The Balaban J connectivity index is 1.79. The van der Waals surface area contributed by atoms with E-state index in [9.17, 15) is 0 Å². The topological polar surface area (TPSA) is 21.8 Å². The lowest BCUT2D eigenvalue weighted by molar-refractivity contribution is 0.0587. The third-order valence-corrected chi connectivity index (χ3v) is 6.07. The van der Waals surface area contributed by atoms with Crippen LogP contribution in [0.4, 0.5) is 0 Å². The van der Waals surface area contributed by atoms with Gasteiger partial charge < -0.3 is 10.2 Å². The van der Waals surface area contributed by atoms with Gasteiger partial charge in [0.15, 0.2) is 0 Å². The molecular weight excluding hydrogens is 308 g/mol. The number of rotatable bonds is 6. The maximum atomic E-state index is 3.59. The zero-order valence-corrected chi connectivity index (χ0v) is 16.4. The molecule has 2 saturated heterocycles. The smallest absolute Gasteiger partial charge is 0.0479 e. The van der Waals surface area contributed by atoms with Crippen molar-refractivity contribution in [2.24, 2.45) is 0 Å². The number of nitrogens with zero attached hydrogens (tertiary/aromatic N) is 3. The van der Waals surface area contributed by atoms with E-state index < -0.39 is 0 Å². The highest BCUT2D eigenvalue weighted by Gasteiger charge is 2.30. The summed E-state index contributed by atoms with van der Waals surface area (Å²) in [6.07, 6.45) is 2.34. The molecule has 4 nitrogen and oxygen atoms in total. The predicted octanol–water partition coefficient (Wildman–Crippen LogP) is 2.22. The average Bonchev–Trinajstić information content (AvgIpc) is 2.68. The van der Waals surface area contributed by atoms with Crippen LogP contribution in [0, 0.1) is 0 Å². The summed E-state index contributed by atoms with van der Waals surface area (Å²) in [5, 5.41) is 3.59. The number of benzene rings is 1. The van der Waals surface area contributed by atoms with Crippen LogP contribution >= 0.6 is 0 Å². The predicted molar refractivity (Wildman–Crippen MR) is 106 cm³/mol. The number of likely N-dealkylation sites (N-methyl/N-ethyl adjacent to an activating group) is 1. The minimum Gasteiger partial charge on any atom is -0.314 e. The molecule has 2 unspecified atom stereocenters. The van der Waals surface area contributed by atoms with E-state index in [1.807, 2.05) is 0 Å². The second-order valence-electron chi connectivity index (χ2n) is 7.72. The van der Waals surface area contributed by atoms with Crippen molar-refractivity contribution in [2.75, 3.05) is 59.4 Å². The number of aryl methyl sites for hydroxylation is 1. The quantitative estimate of drug-likeness (QED) is 0.854. The SMILES string of the molecule is CCc1ccc(C(CN2CCN(C)CC2)N2CCNCC2CC)cc1. The fourth-order valence-electron chi connectivity index (χ4n) is 4.22. The van der Waals surface area contributed by atoms with Crippen LogP contribution in [0.5, 0.6) is 0 Å². The molecular formula is C21H36N4. The zero-order chi connectivity index (χ0) is 17.6. The highest BCUT2D eigenvalue weighted by Crippen LogP contribution is 2.27. The van der Waals surface area contributed by atoms with E-state index in [4.69, 9.17) is 0 Å². The monoisotopic (exact) mass is 344 g/mol. The highest BCUT2D eigenvalue weighted by molar-refractivity contribution is 5.26. The molecule has 1 aromatic carbocycles. The van der Waals surface area contributed by atoms with Crippen LogP contribution < -0.4 is 5.32 Å². The van der Waals surface area contributed by atoms with Crippen molar-refractivity contribution in [3.63, 3.8) is 0 Å². The minimum absolute atomic E-state index is 0.515. The van der Waals surface area contributed by atoms with E-state index in [1.165, 1.54) is 43.7 Å². The third-order valence-electron chi connectivity index (χ3n) is 6.07. The molecule has 0 amide bonds. The van der Waals surface area contributed by atoms with Crippen molar-refractivity contribution in [1.29, 1.82) is 0 Å². The molecule has 0 aromatic heterocycles. The van der Waals surface area contributed by atoms with Gasteiger partial charge in [0.2, 0.25) is 0 Å². The van der Waals surface area contributed by atoms with Crippen LogP contribution in [0.1, 0.15) is 37.4 Å². The average molecular weight is 345 g/mol. The highest BCUT2D eigenvalue weighted by atomic mass is 15.3. The Hall–Kier alpha value is -0.940. The molecule has 1 N–H and O–H groups in total. The Morgan fingerprint density at radius 1 is 1.04 bits per heavy atom. The van der Waals surface area contributed by atoms with Crippen molar-refractivity contribution in [3.05, 3.63) is 35.4 Å². The van der Waals surface area contributed by atoms with Gasteiger partial charge in [-0.2, -0.15) is 0 Å². The maximum absolute atomic E-state index is 3.59. The lowest BCUT2D eigenvalue weighted by atomic mass is 9.98. The van der Waals surface area contributed by atoms with Gasteiger partial charge in [-0.05, 0) is 31.0 Å². The van der Waals surface area contributed by atoms with Gasteiger partial charge in [0.1, 0.15) is 0 Å². The van der Waals surface area contributed by atoms with E-state index in [0.29, 0.717) is 12.1 Å². The molecule has 140 valence electrons. The second kappa shape index (κ2) is 9.13. The normalized spacial score (nSPS) is 25.2. The first-order valence-corrected chi connectivity index (χ1v) is 10.2. The summed E-state index contributed by atoms with van der Waals surface area (Å²) < 4.78 is 0. The molecule has 25 heavy (non-hydrogen) atoms. The zero-order valence-electron chi connectivity index (χ0n) is 16.4. The number of piperazine rings is 2. The van der Waals surface area contributed by atoms with Gasteiger partial charge in [0.05, 0.1) is 0 Å². The van der Waals surface area contributed by atoms with Crippen molar-refractivity contribution in [3.8, 4) is 0 Å². The summed E-state index contributed by atoms with van der Waals surface area (Å²) in [6.45, 7) is 13.9. The molecule has 0 bridgehead atoms. The molecule has 0 spiro atoms. The number of hydrogen-bond acceptors (Lipinski definition) is 4. The first-order valence-electron chi connectivity index (χ1n) is 10.2. The number of hydrogen-bond donors (Lipinski definition) is 1. The van der Waals surface area contributed by atoms with E-state index in [-0.39, 0.29) is 0 Å². The van der Waals surface area contributed by atoms with Gasteiger partial charge in [-0.3, -0.25) is 9.80 Å². The Labute approximate surface area is 154 Å². The Kier molecular flexibility index (Phi) is 6.88. The molecule has 2 heterocycles. The Morgan fingerprint density at radius 2 is 1.76 bits per heavy atom. The van der Waals surface area contributed by atoms with E-state index in [1.54, 1.807) is 0 Å². The van der Waals surface area contributed by atoms with Gasteiger partial charge in [0.25, 0.3) is 0 Å². The van der Waals surface area contributed by atoms with Crippen LogP contribution in [0.3, 0.4) is 0 Å². The van der Waals surface area contributed by atoms with Crippen LogP contribution in [0.2, 0.25) is 0 Å². The first-order chi connectivity index (χ1) is 12.2. The van der Waals surface area contributed by atoms with Crippen LogP contribution in [-0.4, -0.2) is 80.1 Å². The van der Waals surface area contributed by atoms with Crippen molar-refractivity contribution in [1.82, 2.24) is 20.0 Å². The van der Waals surface area contributed by atoms with Gasteiger partial charge >= 0.3 is 0 Å². The third kappa shape index (κ3) is 4.82. The van der Waals surface area contributed by atoms with Crippen molar-refractivity contribution < 1.29 is 0 Å². The summed E-state index contributed by atoms with van der Waals surface area (Å²) in [5.74, 6) is 0. The Morgan fingerprint density at radius 3 is 2.40 bits per heavy atom. The van der Waals surface area contributed by atoms with E-state index in [2.05, 4.69) is 65.2 Å². The molecule has 4 heteroatoms. The van der Waals surface area contributed by atoms with Gasteiger partial charge in [-0.25, -0.2) is 0 Å². The van der Waals surface area contributed by atoms with Crippen LogP contribution in [-0.2, 0) is 6.42 Å². The summed E-state index contributed by atoms with van der Waals surface area (Å²) in [6, 6.07) is 10.6. The standard InChI is InChI=1S/C21H36N4/c1-4-18-6-8-19(9-7-18)21(17-24-14-12-23(3)13-15-24)25-11-10-22-16-20(25)5-2/h6-9,20-22H,4-5,10-17H2,1-3H3. The van der Waals surface area contributed by atoms with Gasteiger partial charge in [0, 0.05) is 64.4 Å². The molecule has 2 aliphatic rings. The Bertz CT molecular complexity index is 507. The largest absolute Gasteiger partial charge is 0.314 e. The molecule has 1 aromatic rings. The summed E-state index contributed by atoms with van der Waals surface area (Å²) in [5.41, 5.74) is 2.94. The first kappa shape index (κ1) is 18.8. The van der Waals surface area contributed by atoms with Gasteiger partial charge in [-0.1, -0.05) is 38.1 Å². The van der Waals surface area contributed by atoms with Crippen molar-refractivity contribution in [2.45, 2.75) is 38.8 Å². The van der Waals surface area contributed by atoms with Crippen molar-refractivity contribution >= 4 is 0 Å². The summed E-state index contributed by atoms with van der Waals surface area (Å²) >= 11 is 0. The van der Waals surface area contributed by atoms with E-state index >= 15 is 0 Å². The molecule has 0 aliphatic carbocycles. The maximum Gasteiger partial charge on any atom is 0.0479 e. The fourth-order valence-corrected chi connectivity index (χ4v) is 4.22. The molecule has 0 radical (unpaired) electrons. The molecule has 3 rings (SSSR count). The summed E-state index contributed by atoms with van der Waals surface area (Å²) in [7, 11) is 2.24. The van der Waals surface area contributed by atoms with E-state index in [0.717, 1.165) is 32.6 Å². The summed E-state index contributed by atoms with van der Waals surface area (Å²) in [4.78, 5) is 7.89. The molecule has 0 saturated carbocycles. The van der Waals surface area contributed by atoms with Crippen LogP contribution in [0.15, 0.2) is 24.3 Å². The second-order valence-corrected chi connectivity index (χ2v) is 7.72. The molecule has 2 aliphatic heterocycles. The molecule has 2 atom stereocenters. The van der Waals surface area contributed by atoms with Gasteiger partial charge in [-0.15, -0.1) is 0 Å². The molecule has 2 fully saturated rings. The lowest BCUT2D eigenvalue weighted by Crippen LogP contribution is -2.55.